The van der Waals surface area contributed by atoms with Crippen molar-refractivity contribution in [3.63, 3.8) is 0 Å². The summed E-state index contributed by atoms with van der Waals surface area (Å²) in [5.74, 6) is -1.39. The maximum Gasteiger partial charge on any atom is 0.371 e. The molecule has 1 saturated heterocycles. The van der Waals surface area contributed by atoms with Crippen LogP contribution in [0.5, 0.6) is 5.75 Å². The summed E-state index contributed by atoms with van der Waals surface area (Å²) in [5, 5.41) is 11.5. The number of nitrogens with one attached hydrogen (secondary N) is 1. The summed E-state index contributed by atoms with van der Waals surface area (Å²) in [4.78, 5) is 37.0. The molecule has 1 aliphatic heterocycles. The second-order valence-corrected chi connectivity index (χ2v) is 5.87. The number of hydrogen-bond donors (Lipinski definition) is 2. The number of carboxylic acid groups (broad SMARTS) is 1. The van der Waals surface area contributed by atoms with Gasteiger partial charge in [0.15, 0.2) is 0 Å². The van der Waals surface area contributed by atoms with E-state index in [1.165, 1.54) is 19.2 Å². The predicted octanol–water partition coefficient (Wildman–Crippen LogP) is 1.66. The summed E-state index contributed by atoms with van der Waals surface area (Å²) in [5.41, 5.74) is 0.632. The molecule has 0 aliphatic carbocycles. The standard InChI is InChI=1S/C18H18N2O6/c1-25-14-5-3-2-4-13(14)20-10-11(8-16(20)21)17(22)19-9-12-6-7-15(26-12)18(23)24/h2-7,11H,8-10H2,1H3,(H,19,22)(H,23,24). The van der Waals surface area contributed by atoms with Gasteiger partial charge in [-0.15, -0.1) is 0 Å². The molecule has 0 radical (unpaired) electrons. The number of furan rings is 1. The number of carbonyl (C=O) groups is 3. The first-order valence-corrected chi connectivity index (χ1v) is 8.02. The van der Waals surface area contributed by atoms with E-state index < -0.39 is 11.9 Å². The van der Waals surface area contributed by atoms with Crippen molar-refractivity contribution in [3.8, 4) is 5.75 Å². The topological polar surface area (TPSA) is 109 Å². The summed E-state index contributed by atoms with van der Waals surface area (Å²) < 4.78 is 10.4. The second kappa shape index (κ2) is 7.30. The molecule has 0 saturated carbocycles. The van der Waals surface area contributed by atoms with Crippen LogP contribution in [0.1, 0.15) is 22.7 Å². The van der Waals surface area contributed by atoms with Crippen LogP contribution in [-0.2, 0) is 16.1 Å². The van der Waals surface area contributed by atoms with Crippen molar-refractivity contribution in [2.24, 2.45) is 5.92 Å². The quantitative estimate of drug-likeness (QED) is 0.813. The van der Waals surface area contributed by atoms with Crippen LogP contribution in [0.3, 0.4) is 0 Å². The average Bonchev–Trinajstić information content (AvgIpc) is 3.26. The van der Waals surface area contributed by atoms with Crippen LogP contribution in [0.2, 0.25) is 0 Å². The van der Waals surface area contributed by atoms with Crippen LogP contribution in [0.15, 0.2) is 40.8 Å². The molecular weight excluding hydrogens is 340 g/mol. The van der Waals surface area contributed by atoms with Gasteiger partial charge in [-0.25, -0.2) is 4.79 Å². The van der Waals surface area contributed by atoms with Gasteiger partial charge in [-0.2, -0.15) is 0 Å². The number of hydrogen-bond acceptors (Lipinski definition) is 5. The van der Waals surface area contributed by atoms with Gasteiger partial charge < -0.3 is 24.5 Å². The van der Waals surface area contributed by atoms with Crippen molar-refractivity contribution in [1.29, 1.82) is 0 Å². The SMILES string of the molecule is COc1ccccc1N1CC(C(=O)NCc2ccc(C(=O)O)o2)CC1=O. The lowest BCUT2D eigenvalue weighted by Gasteiger charge is -2.19. The maximum atomic E-state index is 12.4. The van der Waals surface area contributed by atoms with Crippen LogP contribution in [0, 0.1) is 5.92 Å². The highest BCUT2D eigenvalue weighted by atomic mass is 16.5. The zero-order valence-electron chi connectivity index (χ0n) is 14.1. The highest BCUT2D eigenvalue weighted by Gasteiger charge is 2.36. The Morgan fingerprint density at radius 1 is 1.31 bits per heavy atom. The molecule has 8 heteroatoms. The number of rotatable bonds is 6. The Morgan fingerprint density at radius 2 is 2.08 bits per heavy atom. The Labute approximate surface area is 149 Å². The summed E-state index contributed by atoms with van der Waals surface area (Å²) >= 11 is 0. The molecule has 1 aromatic heterocycles. The summed E-state index contributed by atoms with van der Waals surface area (Å²) in [7, 11) is 1.53. The van der Waals surface area contributed by atoms with E-state index in [2.05, 4.69) is 5.32 Å². The number of nitrogens with zero attached hydrogens (tertiary/aromatic N) is 1. The summed E-state index contributed by atoms with van der Waals surface area (Å²) in [6, 6.07) is 9.95. The first-order valence-electron chi connectivity index (χ1n) is 8.02. The fourth-order valence-corrected chi connectivity index (χ4v) is 2.88. The van der Waals surface area contributed by atoms with Crippen LogP contribution in [0.25, 0.3) is 0 Å². The number of amides is 2. The third-order valence-electron chi connectivity index (χ3n) is 4.18. The first-order chi connectivity index (χ1) is 12.5. The molecule has 2 heterocycles. The van der Waals surface area contributed by atoms with E-state index >= 15 is 0 Å². The zero-order valence-corrected chi connectivity index (χ0v) is 14.1. The number of benzene rings is 1. The first kappa shape index (κ1) is 17.5. The molecule has 1 aromatic carbocycles. The van der Waals surface area contributed by atoms with Gasteiger partial charge in [-0.1, -0.05) is 12.1 Å². The Bertz CT molecular complexity index is 844. The molecule has 2 aromatic rings. The van der Waals surface area contributed by atoms with Crippen molar-refractivity contribution < 1.29 is 28.6 Å². The molecule has 8 nitrogen and oxygen atoms in total. The molecule has 0 spiro atoms. The molecule has 0 bridgehead atoms. The van der Waals surface area contributed by atoms with Gasteiger partial charge in [0, 0.05) is 13.0 Å². The Kier molecular flexibility index (Phi) is 4.92. The highest BCUT2D eigenvalue weighted by Crippen LogP contribution is 2.32. The molecule has 3 rings (SSSR count). The molecule has 136 valence electrons. The lowest BCUT2D eigenvalue weighted by molar-refractivity contribution is -0.126. The average molecular weight is 358 g/mol. The van der Waals surface area contributed by atoms with E-state index in [1.807, 2.05) is 6.07 Å². The van der Waals surface area contributed by atoms with E-state index in [1.54, 1.807) is 23.1 Å². The number of anilines is 1. The second-order valence-electron chi connectivity index (χ2n) is 5.87. The molecule has 1 atom stereocenters. The minimum absolute atomic E-state index is 0.0610. The third-order valence-corrected chi connectivity index (χ3v) is 4.18. The van der Waals surface area contributed by atoms with Gasteiger partial charge in [0.1, 0.15) is 11.5 Å². The van der Waals surface area contributed by atoms with E-state index in [0.29, 0.717) is 17.2 Å². The zero-order chi connectivity index (χ0) is 18.7. The van der Waals surface area contributed by atoms with Crippen molar-refractivity contribution >= 4 is 23.5 Å². The van der Waals surface area contributed by atoms with Gasteiger partial charge in [0.25, 0.3) is 0 Å². The monoisotopic (exact) mass is 358 g/mol. The van der Waals surface area contributed by atoms with Crippen molar-refractivity contribution in [1.82, 2.24) is 5.32 Å². The molecule has 1 aliphatic rings. The number of methoxy groups -OCH3 is 1. The molecule has 1 unspecified atom stereocenters. The van der Waals surface area contributed by atoms with Crippen molar-refractivity contribution in [2.45, 2.75) is 13.0 Å². The summed E-state index contributed by atoms with van der Waals surface area (Å²) in [6.07, 6.45) is 0.0996. The minimum atomic E-state index is -1.17. The van der Waals surface area contributed by atoms with Crippen LogP contribution < -0.4 is 15.0 Å². The number of para-hydroxylation sites is 2. The van der Waals surface area contributed by atoms with Crippen molar-refractivity contribution in [2.75, 3.05) is 18.6 Å². The summed E-state index contributed by atoms with van der Waals surface area (Å²) in [6.45, 7) is 0.315. The lowest BCUT2D eigenvalue weighted by atomic mass is 10.1. The fourth-order valence-electron chi connectivity index (χ4n) is 2.88. The molecular formula is C18H18N2O6. The fraction of sp³-hybridized carbons (Fsp3) is 0.278. The van der Waals surface area contributed by atoms with Gasteiger partial charge in [0.05, 0.1) is 25.3 Å². The van der Waals surface area contributed by atoms with Crippen LogP contribution in [-0.4, -0.2) is 36.5 Å². The van der Waals surface area contributed by atoms with Gasteiger partial charge >= 0.3 is 5.97 Å². The molecule has 26 heavy (non-hydrogen) atoms. The number of ether oxygens (including phenoxy) is 1. The number of carboxylic acids is 1. The van der Waals surface area contributed by atoms with Gasteiger partial charge in [-0.05, 0) is 24.3 Å². The smallest absolute Gasteiger partial charge is 0.371 e. The molecule has 2 amide bonds. The number of aromatic carboxylic acids is 1. The van der Waals surface area contributed by atoms with Gasteiger partial charge in [-0.3, -0.25) is 9.59 Å². The Morgan fingerprint density at radius 3 is 2.77 bits per heavy atom. The van der Waals surface area contributed by atoms with Crippen molar-refractivity contribution in [3.05, 3.63) is 47.9 Å². The highest BCUT2D eigenvalue weighted by molar-refractivity contribution is 6.01. The van der Waals surface area contributed by atoms with E-state index in [4.69, 9.17) is 14.3 Å². The maximum absolute atomic E-state index is 12.4. The lowest BCUT2D eigenvalue weighted by Crippen LogP contribution is -2.32. The van der Waals surface area contributed by atoms with E-state index in [9.17, 15) is 14.4 Å². The van der Waals surface area contributed by atoms with E-state index in [-0.39, 0.29) is 37.1 Å². The van der Waals surface area contributed by atoms with E-state index in [0.717, 1.165) is 0 Å². The largest absolute Gasteiger partial charge is 0.495 e. The molecule has 2 N–H and O–H groups in total. The third kappa shape index (κ3) is 3.53. The Hall–Kier alpha value is -3.29. The predicted molar refractivity (Wildman–Crippen MR) is 91.0 cm³/mol. The Balaban J connectivity index is 1.62. The van der Waals surface area contributed by atoms with Gasteiger partial charge in [0.2, 0.25) is 17.6 Å². The normalized spacial score (nSPS) is 16.6. The number of carbonyl (C=O) groups excluding carboxylic acids is 2. The van der Waals surface area contributed by atoms with Crippen LogP contribution >= 0.6 is 0 Å². The minimum Gasteiger partial charge on any atom is -0.495 e. The van der Waals surface area contributed by atoms with Crippen LogP contribution in [0.4, 0.5) is 5.69 Å². The molecule has 1 fully saturated rings.